The number of aliphatic hydroxyl groups excluding tert-OH is 1. The fourth-order valence-electron chi connectivity index (χ4n) is 1.42. The van der Waals surface area contributed by atoms with Crippen molar-refractivity contribution in [1.29, 1.82) is 0 Å². The van der Waals surface area contributed by atoms with Crippen LogP contribution < -0.4 is 5.73 Å². The zero-order valence-corrected chi connectivity index (χ0v) is 8.16. The van der Waals surface area contributed by atoms with Crippen molar-refractivity contribution in [2.75, 3.05) is 0 Å². The van der Waals surface area contributed by atoms with Crippen LogP contribution in [0.5, 0.6) is 0 Å². The van der Waals surface area contributed by atoms with Crippen LogP contribution in [0.4, 0.5) is 0 Å². The fourth-order valence-corrected chi connectivity index (χ4v) is 1.42. The maximum absolute atomic E-state index is 9.80. The zero-order valence-electron chi connectivity index (χ0n) is 8.16. The van der Waals surface area contributed by atoms with Gasteiger partial charge in [-0.1, -0.05) is 13.3 Å². The second-order valence-corrected chi connectivity index (χ2v) is 3.33. The average Bonchev–Trinajstić information content (AvgIpc) is 2.50. The maximum Gasteiger partial charge on any atom is 0.106 e. The molecule has 0 spiro atoms. The average molecular weight is 183 g/mol. The number of hydrogen-bond donors (Lipinski definition) is 2. The summed E-state index contributed by atoms with van der Waals surface area (Å²) >= 11 is 0. The Kier molecular flexibility index (Phi) is 3.51. The summed E-state index contributed by atoms with van der Waals surface area (Å²) in [6.07, 6.45) is 2.78. The first-order chi connectivity index (χ1) is 6.16. The molecule has 1 aromatic rings. The molecular weight excluding hydrogens is 166 g/mol. The van der Waals surface area contributed by atoms with Gasteiger partial charge < -0.3 is 15.3 Å². The molecule has 1 aromatic heterocycles. The van der Waals surface area contributed by atoms with Gasteiger partial charge in [-0.25, -0.2) is 0 Å². The van der Waals surface area contributed by atoms with Crippen molar-refractivity contribution >= 4 is 0 Å². The van der Waals surface area contributed by atoms with Crippen molar-refractivity contribution in [3.8, 4) is 0 Å². The molecule has 3 heteroatoms. The molecule has 0 aromatic carbocycles. The molecular formula is C10H17NO2. The Hall–Kier alpha value is -0.800. The van der Waals surface area contributed by atoms with Crippen molar-refractivity contribution < 1.29 is 9.52 Å². The Bertz CT molecular complexity index is 257. The summed E-state index contributed by atoms with van der Waals surface area (Å²) < 4.78 is 5.10. The van der Waals surface area contributed by atoms with Crippen molar-refractivity contribution in [2.45, 2.75) is 38.8 Å². The van der Waals surface area contributed by atoms with Gasteiger partial charge in [-0.2, -0.15) is 0 Å². The lowest BCUT2D eigenvalue weighted by Gasteiger charge is -2.17. The molecule has 0 fully saturated rings. The Morgan fingerprint density at radius 1 is 1.62 bits per heavy atom. The summed E-state index contributed by atoms with van der Waals surface area (Å²) in [5.41, 5.74) is 6.60. The summed E-state index contributed by atoms with van der Waals surface area (Å²) in [5.74, 6) is 0.749. The van der Waals surface area contributed by atoms with Gasteiger partial charge in [0.05, 0.1) is 12.4 Å². The second-order valence-electron chi connectivity index (χ2n) is 3.33. The third-order valence-electron chi connectivity index (χ3n) is 2.25. The predicted octanol–water partition coefficient (Wildman–Crippen LogP) is 1.75. The van der Waals surface area contributed by atoms with Gasteiger partial charge in [-0.15, -0.1) is 0 Å². The molecule has 0 saturated heterocycles. The van der Waals surface area contributed by atoms with E-state index in [2.05, 4.69) is 6.92 Å². The molecule has 0 bridgehead atoms. The van der Waals surface area contributed by atoms with E-state index in [4.69, 9.17) is 10.2 Å². The topological polar surface area (TPSA) is 59.4 Å². The molecule has 13 heavy (non-hydrogen) atoms. The fraction of sp³-hybridized carbons (Fsp3) is 0.600. The Morgan fingerprint density at radius 3 is 2.77 bits per heavy atom. The van der Waals surface area contributed by atoms with Gasteiger partial charge in [0.15, 0.2) is 0 Å². The number of furan rings is 1. The van der Waals surface area contributed by atoms with Gasteiger partial charge >= 0.3 is 0 Å². The molecule has 0 radical (unpaired) electrons. The van der Waals surface area contributed by atoms with Crippen LogP contribution >= 0.6 is 0 Å². The van der Waals surface area contributed by atoms with Crippen LogP contribution in [-0.4, -0.2) is 11.1 Å². The minimum absolute atomic E-state index is 0.193. The molecule has 0 aliphatic rings. The van der Waals surface area contributed by atoms with E-state index in [1.165, 1.54) is 0 Å². The van der Waals surface area contributed by atoms with Gasteiger partial charge in [-0.05, 0) is 19.4 Å². The summed E-state index contributed by atoms with van der Waals surface area (Å²) in [5, 5.41) is 9.80. The standard InChI is InChI=1S/C10H17NO2/c1-3-4-9(11)10(12)8-5-6-13-7(8)2/h5-6,9-10,12H,3-4,11H2,1-2H3. The number of aliphatic hydroxyl groups is 1. The van der Waals surface area contributed by atoms with E-state index in [-0.39, 0.29) is 6.04 Å². The molecule has 3 nitrogen and oxygen atoms in total. The van der Waals surface area contributed by atoms with Gasteiger partial charge in [0.25, 0.3) is 0 Å². The summed E-state index contributed by atoms with van der Waals surface area (Å²) in [7, 11) is 0. The first-order valence-electron chi connectivity index (χ1n) is 4.64. The Balaban J connectivity index is 2.67. The first-order valence-corrected chi connectivity index (χ1v) is 4.64. The SMILES string of the molecule is CCCC(N)C(O)c1ccoc1C. The first kappa shape index (κ1) is 10.3. The van der Waals surface area contributed by atoms with Crippen LogP contribution in [0.15, 0.2) is 16.7 Å². The highest BCUT2D eigenvalue weighted by atomic mass is 16.3. The van der Waals surface area contributed by atoms with Crippen LogP contribution in [0.25, 0.3) is 0 Å². The Labute approximate surface area is 78.5 Å². The van der Waals surface area contributed by atoms with E-state index in [0.29, 0.717) is 0 Å². The lowest BCUT2D eigenvalue weighted by atomic mass is 10.0. The van der Waals surface area contributed by atoms with Crippen molar-refractivity contribution in [3.63, 3.8) is 0 Å². The van der Waals surface area contributed by atoms with Gasteiger partial charge in [0, 0.05) is 11.6 Å². The van der Waals surface area contributed by atoms with E-state index in [1.54, 1.807) is 12.3 Å². The highest BCUT2D eigenvalue weighted by Crippen LogP contribution is 2.22. The molecule has 2 unspecified atom stereocenters. The highest BCUT2D eigenvalue weighted by molar-refractivity contribution is 5.19. The molecule has 1 rings (SSSR count). The smallest absolute Gasteiger partial charge is 0.106 e. The highest BCUT2D eigenvalue weighted by Gasteiger charge is 2.19. The van der Waals surface area contributed by atoms with E-state index in [9.17, 15) is 5.11 Å². The Morgan fingerprint density at radius 2 is 2.31 bits per heavy atom. The second kappa shape index (κ2) is 4.44. The normalized spacial score (nSPS) is 15.7. The summed E-state index contributed by atoms with van der Waals surface area (Å²) in [6, 6.07) is 1.58. The molecule has 3 N–H and O–H groups in total. The minimum Gasteiger partial charge on any atom is -0.469 e. The van der Waals surface area contributed by atoms with Crippen LogP contribution in [0.3, 0.4) is 0 Å². The van der Waals surface area contributed by atoms with Gasteiger partial charge in [0.1, 0.15) is 5.76 Å². The van der Waals surface area contributed by atoms with Crippen molar-refractivity contribution in [3.05, 3.63) is 23.7 Å². The number of hydrogen-bond acceptors (Lipinski definition) is 3. The molecule has 74 valence electrons. The largest absolute Gasteiger partial charge is 0.469 e. The van der Waals surface area contributed by atoms with E-state index in [1.807, 2.05) is 6.92 Å². The van der Waals surface area contributed by atoms with Gasteiger partial charge in [-0.3, -0.25) is 0 Å². The molecule has 0 saturated carbocycles. The third-order valence-corrected chi connectivity index (χ3v) is 2.25. The van der Waals surface area contributed by atoms with Crippen LogP contribution in [0.2, 0.25) is 0 Å². The van der Waals surface area contributed by atoms with Crippen molar-refractivity contribution in [2.24, 2.45) is 5.73 Å². The number of aryl methyl sites for hydroxylation is 1. The molecule has 0 aliphatic heterocycles. The maximum atomic E-state index is 9.80. The van der Waals surface area contributed by atoms with Crippen LogP contribution in [0.1, 0.15) is 37.2 Å². The molecule has 0 amide bonds. The lowest BCUT2D eigenvalue weighted by Crippen LogP contribution is -2.28. The van der Waals surface area contributed by atoms with E-state index < -0.39 is 6.10 Å². The summed E-state index contributed by atoms with van der Waals surface area (Å²) in [4.78, 5) is 0. The molecule has 2 atom stereocenters. The number of rotatable bonds is 4. The number of nitrogens with two attached hydrogens (primary N) is 1. The monoisotopic (exact) mass is 183 g/mol. The molecule has 1 heterocycles. The lowest BCUT2D eigenvalue weighted by molar-refractivity contribution is 0.140. The van der Waals surface area contributed by atoms with Gasteiger partial charge in [0.2, 0.25) is 0 Å². The zero-order chi connectivity index (χ0) is 9.84. The minimum atomic E-state index is -0.598. The van der Waals surface area contributed by atoms with Crippen LogP contribution in [0, 0.1) is 6.92 Å². The van der Waals surface area contributed by atoms with E-state index in [0.717, 1.165) is 24.2 Å². The van der Waals surface area contributed by atoms with Crippen molar-refractivity contribution in [1.82, 2.24) is 0 Å². The predicted molar refractivity (Wildman–Crippen MR) is 51.3 cm³/mol. The quantitative estimate of drug-likeness (QED) is 0.747. The molecule has 0 aliphatic carbocycles. The van der Waals surface area contributed by atoms with E-state index >= 15 is 0 Å². The third kappa shape index (κ3) is 2.32. The van der Waals surface area contributed by atoms with Crippen LogP contribution in [-0.2, 0) is 0 Å². The summed E-state index contributed by atoms with van der Waals surface area (Å²) in [6.45, 7) is 3.88.